The van der Waals surface area contributed by atoms with Crippen LogP contribution in [0, 0.1) is 23.7 Å². The number of rotatable bonds is 12. The van der Waals surface area contributed by atoms with E-state index in [1.54, 1.807) is 0 Å². The van der Waals surface area contributed by atoms with Crippen LogP contribution in [-0.4, -0.2) is 25.2 Å². The van der Waals surface area contributed by atoms with E-state index in [1.807, 2.05) is 0 Å². The molecule has 1 aliphatic carbocycles. The first-order valence-electron chi connectivity index (χ1n) is 10.7. The zero-order valence-corrected chi connectivity index (χ0v) is 17.4. The Kier molecular flexibility index (Phi) is 11.6. The third-order valence-electron chi connectivity index (χ3n) is 5.18. The van der Waals surface area contributed by atoms with Crippen molar-refractivity contribution >= 4 is 11.9 Å². The first-order valence-corrected chi connectivity index (χ1v) is 10.7. The van der Waals surface area contributed by atoms with Crippen molar-refractivity contribution < 1.29 is 19.1 Å². The number of hydrogen-bond donors (Lipinski definition) is 0. The van der Waals surface area contributed by atoms with Crippen LogP contribution in [0.4, 0.5) is 0 Å². The van der Waals surface area contributed by atoms with Crippen LogP contribution in [0.5, 0.6) is 0 Å². The van der Waals surface area contributed by atoms with Crippen molar-refractivity contribution in [2.24, 2.45) is 23.7 Å². The molecule has 2 atom stereocenters. The normalized spacial score (nSPS) is 20.4. The topological polar surface area (TPSA) is 52.6 Å². The molecule has 2 unspecified atom stereocenters. The Labute approximate surface area is 160 Å². The van der Waals surface area contributed by atoms with Crippen molar-refractivity contribution in [1.29, 1.82) is 0 Å². The maximum atomic E-state index is 12.3. The fourth-order valence-electron chi connectivity index (χ4n) is 3.52. The number of carbonyl (C=O) groups excluding carboxylic acids is 2. The molecule has 0 N–H and O–H groups in total. The molecule has 1 saturated carbocycles. The van der Waals surface area contributed by atoms with Gasteiger partial charge in [0.15, 0.2) is 0 Å². The molecule has 0 heterocycles. The van der Waals surface area contributed by atoms with Gasteiger partial charge in [0, 0.05) is 0 Å². The van der Waals surface area contributed by atoms with Crippen molar-refractivity contribution in [2.75, 3.05) is 13.2 Å². The quantitative estimate of drug-likeness (QED) is 0.335. The van der Waals surface area contributed by atoms with E-state index in [0.29, 0.717) is 25.6 Å². The van der Waals surface area contributed by atoms with E-state index in [1.165, 1.54) is 12.8 Å². The SMILES string of the molecule is CC(C)CCCCCOC(=O)C1CCCC(C(=O)OCCCC(C)C)C1. The van der Waals surface area contributed by atoms with Crippen molar-refractivity contribution in [2.45, 2.75) is 91.9 Å². The van der Waals surface area contributed by atoms with E-state index in [4.69, 9.17) is 9.47 Å². The molecule has 1 fully saturated rings. The molecule has 0 saturated heterocycles. The van der Waals surface area contributed by atoms with Crippen LogP contribution in [0.3, 0.4) is 0 Å². The molecule has 4 nitrogen and oxygen atoms in total. The van der Waals surface area contributed by atoms with Crippen LogP contribution in [0.15, 0.2) is 0 Å². The van der Waals surface area contributed by atoms with E-state index in [2.05, 4.69) is 27.7 Å². The first-order chi connectivity index (χ1) is 12.4. The van der Waals surface area contributed by atoms with Crippen LogP contribution in [0.2, 0.25) is 0 Å². The second kappa shape index (κ2) is 13.2. The lowest BCUT2D eigenvalue weighted by Crippen LogP contribution is -2.30. The van der Waals surface area contributed by atoms with Crippen LogP contribution in [-0.2, 0) is 19.1 Å². The lowest BCUT2D eigenvalue weighted by Gasteiger charge is -2.26. The molecule has 4 heteroatoms. The summed E-state index contributed by atoms with van der Waals surface area (Å²) in [6, 6.07) is 0. The van der Waals surface area contributed by atoms with Crippen molar-refractivity contribution in [3.63, 3.8) is 0 Å². The van der Waals surface area contributed by atoms with Crippen LogP contribution < -0.4 is 0 Å². The molecule has 0 aliphatic heterocycles. The first kappa shape index (κ1) is 23.0. The monoisotopic (exact) mass is 368 g/mol. The third kappa shape index (κ3) is 10.2. The molecule has 0 bridgehead atoms. The van der Waals surface area contributed by atoms with Gasteiger partial charge in [0.2, 0.25) is 0 Å². The van der Waals surface area contributed by atoms with Gasteiger partial charge in [0.25, 0.3) is 0 Å². The Bertz CT molecular complexity index is 403. The van der Waals surface area contributed by atoms with Crippen LogP contribution >= 0.6 is 0 Å². The van der Waals surface area contributed by atoms with E-state index in [-0.39, 0.29) is 23.8 Å². The maximum Gasteiger partial charge on any atom is 0.308 e. The smallest absolute Gasteiger partial charge is 0.308 e. The van der Waals surface area contributed by atoms with Gasteiger partial charge in [0.05, 0.1) is 25.0 Å². The van der Waals surface area contributed by atoms with Gasteiger partial charge >= 0.3 is 11.9 Å². The fraction of sp³-hybridized carbons (Fsp3) is 0.909. The molecular formula is C22H40O4. The molecule has 0 amide bonds. The van der Waals surface area contributed by atoms with E-state index < -0.39 is 0 Å². The Morgan fingerprint density at radius 1 is 0.769 bits per heavy atom. The highest BCUT2D eigenvalue weighted by Gasteiger charge is 2.32. The van der Waals surface area contributed by atoms with E-state index in [0.717, 1.165) is 50.9 Å². The summed E-state index contributed by atoms with van der Waals surface area (Å²) in [5.41, 5.74) is 0. The van der Waals surface area contributed by atoms with Gasteiger partial charge in [-0.1, -0.05) is 53.4 Å². The molecule has 1 rings (SSSR count). The summed E-state index contributed by atoms with van der Waals surface area (Å²) >= 11 is 0. The van der Waals surface area contributed by atoms with Gasteiger partial charge in [-0.25, -0.2) is 0 Å². The lowest BCUT2D eigenvalue weighted by molar-refractivity contribution is -0.155. The summed E-state index contributed by atoms with van der Waals surface area (Å²) < 4.78 is 10.9. The van der Waals surface area contributed by atoms with Crippen molar-refractivity contribution in [3.8, 4) is 0 Å². The van der Waals surface area contributed by atoms with Crippen molar-refractivity contribution in [3.05, 3.63) is 0 Å². The highest BCUT2D eigenvalue weighted by atomic mass is 16.5. The van der Waals surface area contributed by atoms with Crippen molar-refractivity contribution in [1.82, 2.24) is 0 Å². The number of unbranched alkanes of at least 4 members (excludes halogenated alkanes) is 2. The number of esters is 2. The van der Waals surface area contributed by atoms with Gasteiger partial charge in [-0.15, -0.1) is 0 Å². The highest BCUT2D eigenvalue weighted by Crippen LogP contribution is 2.31. The van der Waals surface area contributed by atoms with E-state index in [9.17, 15) is 9.59 Å². The second-order valence-corrected chi connectivity index (χ2v) is 8.67. The highest BCUT2D eigenvalue weighted by molar-refractivity contribution is 5.76. The van der Waals surface area contributed by atoms with Gasteiger partial charge in [-0.05, 0) is 50.4 Å². The fourth-order valence-corrected chi connectivity index (χ4v) is 3.52. The second-order valence-electron chi connectivity index (χ2n) is 8.67. The van der Waals surface area contributed by atoms with Gasteiger partial charge in [-0.2, -0.15) is 0 Å². The predicted octanol–water partition coefficient (Wildman–Crippen LogP) is 5.53. The molecular weight excluding hydrogens is 328 g/mol. The summed E-state index contributed by atoms with van der Waals surface area (Å²) in [6.45, 7) is 9.81. The Hall–Kier alpha value is -1.06. The standard InChI is InChI=1S/C22H40O4/c1-17(2)10-6-5-7-14-25-21(23)19-12-8-13-20(16-19)22(24)26-15-9-11-18(3)4/h17-20H,5-16H2,1-4H3. The number of hydrogen-bond acceptors (Lipinski definition) is 4. The molecule has 0 radical (unpaired) electrons. The summed E-state index contributed by atoms with van der Waals surface area (Å²) in [5.74, 6) is 0.861. The Morgan fingerprint density at radius 3 is 1.81 bits per heavy atom. The summed E-state index contributed by atoms with van der Waals surface area (Å²) in [4.78, 5) is 24.5. The molecule has 0 aromatic rings. The summed E-state index contributed by atoms with van der Waals surface area (Å²) in [6.07, 6.45) is 9.64. The average Bonchev–Trinajstić information content (AvgIpc) is 2.61. The molecule has 0 aromatic heterocycles. The zero-order valence-electron chi connectivity index (χ0n) is 17.4. The van der Waals surface area contributed by atoms with Crippen LogP contribution in [0.1, 0.15) is 91.9 Å². The molecule has 152 valence electrons. The summed E-state index contributed by atoms with van der Waals surface area (Å²) in [5, 5.41) is 0. The number of ether oxygens (including phenoxy) is 2. The average molecular weight is 369 g/mol. The van der Waals surface area contributed by atoms with Gasteiger partial charge in [-0.3, -0.25) is 9.59 Å². The van der Waals surface area contributed by atoms with Gasteiger partial charge < -0.3 is 9.47 Å². The molecule has 1 aliphatic rings. The minimum Gasteiger partial charge on any atom is -0.465 e. The number of carbonyl (C=O) groups is 2. The predicted molar refractivity (Wildman–Crippen MR) is 105 cm³/mol. The third-order valence-corrected chi connectivity index (χ3v) is 5.18. The zero-order chi connectivity index (χ0) is 19.4. The van der Waals surface area contributed by atoms with Gasteiger partial charge in [0.1, 0.15) is 0 Å². The Morgan fingerprint density at radius 2 is 1.27 bits per heavy atom. The maximum absolute atomic E-state index is 12.3. The minimum absolute atomic E-state index is 0.119. The minimum atomic E-state index is -0.133. The molecule has 0 spiro atoms. The lowest BCUT2D eigenvalue weighted by atomic mass is 9.81. The largest absolute Gasteiger partial charge is 0.465 e. The Balaban J connectivity index is 2.20. The summed E-state index contributed by atoms with van der Waals surface area (Å²) in [7, 11) is 0. The van der Waals surface area contributed by atoms with Crippen LogP contribution in [0.25, 0.3) is 0 Å². The van der Waals surface area contributed by atoms with E-state index >= 15 is 0 Å². The molecule has 26 heavy (non-hydrogen) atoms. The molecule has 0 aromatic carbocycles.